The Bertz CT molecular complexity index is 3990. The fourth-order valence-electron chi connectivity index (χ4n) is 19.9. The first-order chi connectivity index (χ1) is 54.0. The lowest BCUT2D eigenvalue weighted by molar-refractivity contribution is -0.123. The lowest BCUT2D eigenvalue weighted by Gasteiger charge is -2.38. The summed E-state index contributed by atoms with van der Waals surface area (Å²) in [6.07, 6.45) is 28.0. The zero-order chi connectivity index (χ0) is 78.9. The molecule has 0 bridgehead atoms. The second-order valence-corrected chi connectivity index (χ2v) is 34.5. The molecule has 0 unspecified atom stereocenters. The van der Waals surface area contributed by atoms with Crippen molar-refractivity contribution < 1.29 is 38.1 Å². The maximum absolute atomic E-state index is 12.9. The van der Waals surface area contributed by atoms with Crippen LogP contribution in [-0.2, 0) is 40.8 Å². The van der Waals surface area contributed by atoms with Crippen LogP contribution >= 0.6 is 0 Å². The van der Waals surface area contributed by atoms with Gasteiger partial charge in [0.15, 0.2) is 0 Å². The molecule has 16 heteroatoms. The van der Waals surface area contributed by atoms with Crippen LogP contribution in [0.1, 0.15) is 223 Å². The molecule has 16 nitrogen and oxygen atoms in total. The highest BCUT2D eigenvalue weighted by Gasteiger charge is 2.50. The number of carbonyl (C=O) groups excluding carboxylic acids is 4. The van der Waals surface area contributed by atoms with Crippen LogP contribution in [0.4, 0.5) is 23.3 Å². The monoisotopic (exact) mass is 1510 g/mol. The van der Waals surface area contributed by atoms with E-state index >= 15 is 0 Å². The summed E-state index contributed by atoms with van der Waals surface area (Å²) in [4.78, 5) is 68.9. The zero-order valence-electron chi connectivity index (χ0n) is 68.5. The molecule has 8 heterocycles. The Morgan fingerprint density at radius 2 is 0.491 bits per heavy atom. The van der Waals surface area contributed by atoms with Gasteiger partial charge in [0, 0.05) is 92.4 Å². The molecule has 8 aliphatic rings. The van der Waals surface area contributed by atoms with Crippen molar-refractivity contribution in [3.05, 3.63) is 213 Å². The summed E-state index contributed by atoms with van der Waals surface area (Å²) in [6, 6.07) is 41.9. The highest BCUT2D eigenvalue weighted by atomic mass is 16.5. The van der Waals surface area contributed by atoms with Crippen LogP contribution in [-0.4, -0.2) is 70.0 Å². The molecule has 4 saturated carbocycles. The van der Waals surface area contributed by atoms with E-state index in [9.17, 15) is 19.2 Å². The molecule has 16 rings (SSSR count). The number of nitrogens with zero attached hydrogens (tertiary/aromatic N) is 4. The quantitative estimate of drug-likeness (QED) is 0.0713. The van der Waals surface area contributed by atoms with E-state index in [1.54, 1.807) is 24.8 Å². The largest absolute Gasteiger partial charge is 0.492 e. The predicted molar refractivity (Wildman–Crippen MR) is 447 cm³/mol. The maximum Gasteiger partial charge on any atom is 0.228 e. The number of anilines is 4. The van der Waals surface area contributed by atoms with Gasteiger partial charge in [0.05, 0.1) is 26.4 Å². The first-order valence-electron chi connectivity index (χ1n) is 41.9. The van der Waals surface area contributed by atoms with Gasteiger partial charge in [0.1, 0.15) is 46.3 Å². The Labute approximate surface area is 665 Å². The van der Waals surface area contributed by atoms with Crippen LogP contribution in [0.3, 0.4) is 0 Å². The Hall–Kier alpha value is -9.44. The highest BCUT2D eigenvalue weighted by Crippen LogP contribution is 2.55. The van der Waals surface area contributed by atoms with Gasteiger partial charge in [-0.25, -0.2) is 19.9 Å². The molecule has 0 radical (unpaired) electrons. The molecular formula is C96H120N8O8. The van der Waals surface area contributed by atoms with E-state index in [4.69, 9.17) is 18.9 Å². The molecule has 4 atom stereocenters. The molecule has 112 heavy (non-hydrogen) atoms. The summed E-state index contributed by atoms with van der Waals surface area (Å²) in [6.45, 7) is 28.1. The number of benzene rings is 4. The first-order valence-corrected chi connectivity index (χ1v) is 41.9. The van der Waals surface area contributed by atoms with Crippen molar-refractivity contribution in [1.82, 2.24) is 19.9 Å². The van der Waals surface area contributed by atoms with Crippen LogP contribution < -0.4 is 40.2 Å². The molecule has 0 saturated heterocycles. The van der Waals surface area contributed by atoms with Crippen LogP contribution in [0.15, 0.2) is 146 Å². The number of pyridine rings is 4. The van der Waals surface area contributed by atoms with Crippen LogP contribution in [0, 0.1) is 103 Å². The lowest BCUT2D eigenvalue weighted by Crippen LogP contribution is -2.38. The summed E-state index contributed by atoms with van der Waals surface area (Å²) in [7, 11) is 0. The Morgan fingerprint density at radius 3 is 0.661 bits per heavy atom. The van der Waals surface area contributed by atoms with Crippen LogP contribution in [0.25, 0.3) is 0 Å². The number of aryl methyl sites for hydroxylation is 8. The summed E-state index contributed by atoms with van der Waals surface area (Å²) in [5, 5.41) is 12.1. The van der Waals surface area contributed by atoms with Gasteiger partial charge in [-0.3, -0.25) is 19.2 Å². The molecule has 4 aliphatic carbocycles. The van der Waals surface area contributed by atoms with E-state index in [2.05, 4.69) is 169 Å². The van der Waals surface area contributed by atoms with Crippen molar-refractivity contribution in [1.29, 1.82) is 0 Å². The molecule has 4 spiro atoms. The summed E-state index contributed by atoms with van der Waals surface area (Å²) in [5.41, 5.74) is 15.4. The Kier molecular flexibility index (Phi) is 25.4. The fourth-order valence-corrected chi connectivity index (χ4v) is 19.9. The minimum atomic E-state index is 0.0419. The minimum absolute atomic E-state index is 0.0419. The van der Waals surface area contributed by atoms with Gasteiger partial charge >= 0.3 is 0 Å². The van der Waals surface area contributed by atoms with Gasteiger partial charge in [-0.15, -0.1) is 0 Å². The molecule has 4 amide bonds. The van der Waals surface area contributed by atoms with Crippen molar-refractivity contribution in [2.45, 2.75) is 233 Å². The molecular weight excluding hydrogens is 1390 g/mol. The summed E-state index contributed by atoms with van der Waals surface area (Å²) in [5.74, 6) is 9.16. The van der Waals surface area contributed by atoms with Crippen LogP contribution in [0.2, 0.25) is 0 Å². The van der Waals surface area contributed by atoms with Crippen molar-refractivity contribution in [2.24, 2.45) is 47.3 Å². The van der Waals surface area contributed by atoms with Crippen molar-refractivity contribution >= 4 is 46.9 Å². The number of hydrogen-bond donors (Lipinski definition) is 4. The fraction of sp³-hybridized carbons (Fsp3) is 0.500. The van der Waals surface area contributed by atoms with Crippen molar-refractivity contribution in [3.63, 3.8) is 0 Å². The molecule has 4 aliphatic heterocycles. The van der Waals surface area contributed by atoms with Gasteiger partial charge < -0.3 is 40.2 Å². The average Bonchev–Trinajstić information content (AvgIpc) is 1.61. The molecule has 4 aromatic carbocycles. The third kappa shape index (κ3) is 18.1. The summed E-state index contributed by atoms with van der Waals surface area (Å²) < 4.78 is 24.2. The molecule has 4 aromatic heterocycles. The minimum Gasteiger partial charge on any atom is -0.492 e. The topological polar surface area (TPSA) is 205 Å². The zero-order valence-corrected chi connectivity index (χ0v) is 68.5. The van der Waals surface area contributed by atoms with Crippen molar-refractivity contribution in [2.75, 3.05) is 47.7 Å². The second-order valence-electron chi connectivity index (χ2n) is 34.5. The Balaban J connectivity index is 0.000000131. The maximum atomic E-state index is 12.9. The van der Waals surface area contributed by atoms with Crippen molar-refractivity contribution in [3.8, 4) is 23.0 Å². The summed E-state index contributed by atoms with van der Waals surface area (Å²) >= 11 is 0. The van der Waals surface area contributed by atoms with E-state index < -0.39 is 0 Å². The predicted octanol–water partition coefficient (Wildman–Crippen LogP) is 20.7. The number of ether oxygens (including phenoxy) is 4. The first kappa shape index (κ1) is 80.6. The normalized spacial score (nSPS) is 24.5. The molecule has 8 aromatic rings. The highest BCUT2D eigenvalue weighted by molar-refractivity contribution is 5.94. The van der Waals surface area contributed by atoms with E-state index in [0.29, 0.717) is 46.9 Å². The van der Waals surface area contributed by atoms with E-state index in [-0.39, 0.29) is 69.0 Å². The van der Waals surface area contributed by atoms with Crippen LogP contribution in [0.5, 0.6) is 23.0 Å². The standard InChI is InChI=1S/4C24H30N2O2/c4*1-4-19(23(27)26-22-8-6-17(3)14-25-22)18-9-11-24(12-10-18)15-28-21-13-16(2)5-7-20(21)24/h4*5-8,13-14,18-19H,4,9-12,15H2,1-3H3,(H,25,26,27)/t4*18?,19-,24?/m1100/s1. The number of nitrogens with one attached hydrogen (secondary N) is 4. The van der Waals surface area contributed by atoms with E-state index in [1.807, 2.05) is 76.2 Å². The lowest BCUT2D eigenvalue weighted by atomic mass is 9.65. The Morgan fingerprint density at radius 1 is 0.304 bits per heavy atom. The average molecular weight is 1510 g/mol. The second kappa shape index (κ2) is 35.3. The van der Waals surface area contributed by atoms with Gasteiger partial charge in [-0.2, -0.15) is 0 Å². The third-order valence-electron chi connectivity index (χ3n) is 26.8. The third-order valence-corrected chi connectivity index (χ3v) is 26.8. The number of hydrogen-bond acceptors (Lipinski definition) is 12. The number of rotatable bonds is 16. The van der Waals surface area contributed by atoms with E-state index in [1.165, 1.54) is 44.5 Å². The van der Waals surface area contributed by atoms with Gasteiger partial charge in [0.25, 0.3) is 0 Å². The van der Waals surface area contributed by atoms with Gasteiger partial charge in [-0.1, -0.05) is 100 Å². The smallest absolute Gasteiger partial charge is 0.228 e. The van der Waals surface area contributed by atoms with Gasteiger partial charge in [0.2, 0.25) is 23.6 Å². The van der Waals surface area contributed by atoms with Gasteiger partial charge in [-0.05, 0) is 301 Å². The molecule has 4 fully saturated rings. The number of fused-ring (bicyclic) bond motifs is 8. The molecule has 592 valence electrons. The number of carbonyl (C=O) groups is 4. The SMILES string of the molecule is CC[C@@H](C(=O)Nc1ccc(C)cn1)C1CCC2(CC1)COc1cc(C)ccc12.CC[C@@H](C(=O)Nc1ccc(C)cn1)C1CCC2(CC1)COc1cc(C)ccc12.CC[C@H](C(=O)Nc1ccc(C)cn1)C1CCC2(CC1)COc1cc(C)ccc12.CC[C@H](C(=O)Nc1ccc(C)cn1)C1CCC2(CC1)COc1cc(C)ccc12. The number of aromatic nitrogens is 4. The van der Waals surface area contributed by atoms with E-state index in [0.717, 1.165) is 200 Å². The molecule has 4 N–H and O–H groups in total. The number of amides is 4.